The van der Waals surface area contributed by atoms with E-state index in [1.54, 1.807) is 6.07 Å². The maximum Gasteiger partial charge on any atom is 0.235 e. The van der Waals surface area contributed by atoms with Crippen molar-refractivity contribution in [1.29, 1.82) is 0 Å². The van der Waals surface area contributed by atoms with Gasteiger partial charge in [-0.25, -0.2) is 9.97 Å². The van der Waals surface area contributed by atoms with Crippen LogP contribution in [0.2, 0.25) is 0 Å². The summed E-state index contributed by atoms with van der Waals surface area (Å²) < 4.78 is 46.4. The number of para-hydroxylation sites is 1. The Balaban J connectivity index is 1.10. The van der Waals surface area contributed by atoms with Crippen LogP contribution in [0, 0.1) is 0 Å². The van der Waals surface area contributed by atoms with E-state index in [1.807, 2.05) is 6.07 Å². The van der Waals surface area contributed by atoms with Crippen LogP contribution in [-0.2, 0) is 0 Å². The average molecular weight is 837 g/mol. The van der Waals surface area contributed by atoms with Crippen molar-refractivity contribution in [2.24, 2.45) is 0 Å². The molecule has 64 heavy (non-hydrogen) atoms. The predicted octanol–water partition coefficient (Wildman–Crippen LogP) is 11.3. The molecule has 0 atom stereocenters. The molecule has 4 heteroatoms. The van der Waals surface area contributed by atoms with Gasteiger partial charge in [-0.15, -0.1) is 0 Å². The normalized spacial score (nSPS) is 16.0. The lowest BCUT2D eigenvalue weighted by Gasteiger charge is -2.42. The van der Waals surface area contributed by atoms with Crippen LogP contribution >= 0.6 is 0 Å². The molecule has 11 aromatic rings. The van der Waals surface area contributed by atoms with Crippen LogP contribution in [0.25, 0.3) is 50.3 Å². The fourth-order valence-corrected chi connectivity index (χ4v) is 15.9. The number of hydrogen-bond donors (Lipinski definition) is 0. The Morgan fingerprint density at radius 2 is 0.922 bits per heavy atom. The summed E-state index contributed by atoms with van der Waals surface area (Å²) in [4.78, 5) is 10.7. The van der Waals surface area contributed by atoms with Crippen molar-refractivity contribution in [3.63, 3.8) is 0 Å². The third-order valence-corrected chi connectivity index (χ3v) is 18.4. The molecule has 0 fully saturated rings. The number of hydrogen-bond acceptors (Lipinski definition) is 2. The van der Waals surface area contributed by atoms with Crippen LogP contribution in [-0.4, -0.2) is 22.6 Å². The molecular weight excluding hydrogens is 791 g/mol. The van der Waals surface area contributed by atoms with Crippen LogP contribution in [0.15, 0.2) is 236 Å². The molecule has 0 aliphatic heterocycles. The highest BCUT2D eigenvalue weighted by Gasteiger charge is 2.43. The molecule has 0 saturated heterocycles. The summed E-state index contributed by atoms with van der Waals surface area (Å²) in [5.74, 6) is 0.440. The van der Waals surface area contributed by atoms with Gasteiger partial charge in [0, 0.05) is 33.7 Å². The molecule has 0 unspecified atom stereocenters. The largest absolute Gasteiger partial charge is 0.278 e. The van der Waals surface area contributed by atoms with Crippen molar-refractivity contribution >= 4 is 50.6 Å². The molecule has 3 nitrogen and oxygen atoms in total. The van der Waals surface area contributed by atoms with Gasteiger partial charge >= 0.3 is 0 Å². The zero-order valence-electron chi connectivity index (χ0n) is 39.6. The topological polar surface area (TPSA) is 30.7 Å². The summed E-state index contributed by atoms with van der Waals surface area (Å²) in [5.41, 5.74) is 11.4. The van der Waals surface area contributed by atoms with Crippen molar-refractivity contribution in [3.8, 4) is 28.5 Å². The Labute approximate surface area is 380 Å². The first-order chi connectivity index (χ1) is 33.8. The summed E-state index contributed by atoms with van der Waals surface area (Å²) >= 11 is 0. The lowest BCUT2D eigenvalue weighted by molar-refractivity contribution is 0.761. The number of fused-ring (bicyclic) bond motifs is 3. The van der Waals surface area contributed by atoms with E-state index in [4.69, 9.17) is 14.1 Å². The van der Waals surface area contributed by atoms with E-state index < -0.39 is 26.2 Å². The number of rotatable bonds is 7. The van der Waals surface area contributed by atoms with E-state index in [0.717, 1.165) is 32.6 Å². The standard InChI is InChI=1S/C60H41N3Si/c1-5-20-40(21-6-1)52-39-53(41-22-19-29-45(38-41)64(42-23-7-2-8-24-42,43-25-9-3-10-26-43)44-27-11-4-12-28-44)62-60(61-52)63-54-35-18-17-34-50(54)58-55(63)37-36-51-56-46-30-13-15-32-48(46)57(59(51)58)49-33-16-14-31-47(49)56/h1-39,56-57H/i1D,5D,6D,20D,21D. The number of benzene rings is 9. The predicted molar refractivity (Wildman–Crippen MR) is 266 cm³/mol. The fraction of sp³-hybridized carbons (Fsp3) is 0.0333. The van der Waals surface area contributed by atoms with Crippen LogP contribution in [0.1, 0.15) is 52.1 Å². The SMILES string of the molecule is [2H]c1c([2H])c([2H])c(-c2cc(-c3cccc([Si](c4ccccc4)(c4ccccc4)c4ccccc4)c3)nc(-n3c4ccccc4c4c5c(ccc43)C3c4ccccc4C5c4ccccc43)n2)c([2H])c1[2H]. The Morgan fingerprint density at radius 1 is 0.406 bits per heavy atom. The minimum absolute atomic E-state index is 0.0141. The maximum absolute atomic E-state index is 9.19. The summed E-state index contributed by atoms with van der Waals surface area (Å²) in [5, 5.41) is 7.04. The van der Waals surface area contributed by atoms with Gasteiger partial charge in [0.05, 0.1) is 29.3 Å². The Bertz CT molecular complexity index is 3700. The number of nitrogens with zero attached hydrogens (tertiary/aromatic N) is 3. The highest BCUT2D eigenvalue weighted by molar-refractivity contribution is 7.19. The molecule has 2 aromatic heterocycles. The van der Waals surface area contributed by atoms with Gasteiger partial charge in [-0.1, -0.05) is 218 Å². The van der Waals surface area contributed by atoms with Gasteiger partial charge < -0.3 is 0 Å². The molecular formula is C60H41N3Si. The van der Waals surface area contributed by atoms with Crippen molar-refractivity contribution < 1.29 is 6.85 Å². The van der Waals surface area contributed by atoms with Gasteiger partial charge in [-0.3, -0.25) is 4.57 Å². The first-order valence-electron chi connectivity index (χ1n) is 24.3. The van der Waals surface area contributed by atoms with Crippen LogP contribution in [0.3, 0.4) is 0 Å². The molecule has 9 aromatic carbocycles. The first kappa shape index (κ1) is 31.9. The van der Waals surface area contributed by atoms with Crippen molar-refractivity contribution in [3.05, 3.63) is 270 Å². The van der Waals surface area contributed by atoms with E-state index in [2.05, 4.69) is 199 Å². The second-order valence-corrected chi connectivity index (χ2v) is 20.6. The van der Waals surface area contributed by atoms with Crippen molar-refractivity contribution in [1.82, 2.24) is 14.5 Å². The lowest BCUT2D eigenvalue weighted by atomic mass is 9.60. The highest BCUT2D eigenvalue weighted by atomic mass is 28.3. The molecule has 0 N–H and O–H groups in total. The van der Waals surface area contributed by atoms with Crippen LogP contribution < -0.4 is 20.7 Å². The zero-order valence-corrected chi connectivity index (χ0v) is 35.6. The molecule has 2 bridgehead atoms. The molecule has 0 spiro atoms. The fourth-order valence-electron chi connectivity index (χ4n) is 11.1. The quantitative estimate of drug-likeness (QED) is 0.118. The van der Waals surface area contributed by atoms with Gasteiger partial charge in [0.1, 0.15) is 0 Å². The molecule has 3 aliphatic rings. The molecule has 0 saturated carbocycles. The zero-order chi connectivity index (χ0) is 46.5. The summed E-state index contributed by atoms with van der Waals surface area (Å²) in [6, 6.07) is 71.3. The third-order valence-electron chi connectivity index (χ3n) is 13.6. The third kappa shape index (κ3) is 5.39. The van der Waals surface area contributed by atoms with E-state index >= 15 is 0 Å². The molecule has 3 aliphatic carbocycles. The molecule has 0 radical (unpaired) electrons. The van der Waals surface area contributed by atoms with Gasteiger partial charge in [0.25, 0.3) is 0 Å². The molecule has 14 rings (SSSR count). The molecule has 2 heterocycles. The molecule has 0 amide bonds. The van der Waals surface area contributed by atoms with Gasteiger partial charge in [0.15, 0.2) is 8.07 Å². The van der Waals surface area contributed by atoms with E-state index in [0.29, 0.717) is 11.6 Å². The lowest BCUT2D eigenvalue weighted by Crippen LogP contribution is -2.74. The second kappa shape index (κ2) is 14.6. The Morgan fingerprint density at radius 3 is 1.53 bits per heavy atom. The van der Waals surface area contributed by atoms with Crippen LogP contribution in [0.4, 0.5) is 0 Å². The van der Waals surface area contributed by atoms with Crippen LogP contribution in [0.5, 0.6) is 0 Å². The van der Waals surface area contributed by atoms with E-state index in [-0.39, 0.29) is 35.2 Å². The van der Waals surface area contributed by atoms with Gasteiger partial charge in [0.2, 0.25) is 5.95 Å². The Kier molecular flexibility index (Phi) is 7.26. The van der Waals surface area contributed by atoms with E-state index in [1.165, 1.54) is 48.9 Å². The smallest absolute Gasteiger partial charge is 0.235 e. The average Bonchev–Trinajstić information content (AvgIpc) is 3.76. The maximum atomic E-state index is 9.19. The minimum atomic E-state index is -2.97. The molecule has 300 valence electrons. The summed E-state index contributed by atoms with van der Waals surface area (Å²) in [6.07, 6.45) is 0. The number of aromatic nitrogens is 3. The van der Waals surface area contributed by atoms with E-state index in [9.17, 15) is 2.74 Å². The van der Waals surface area contributed by atoms with Gasteiger partial charge in [-0.2, -0.15) is 0 Å². The van der Waals surface area contributed by atoms with Crippen molar-refractivity contribution in [2.45, 2.75) is 11.8 Å². The van der Waals surface area contributed by atoms with Crippen molar-refractivity contribution in [2.75, 3.05) is 0 Å². The highest BCUT2D eigenvalue weighted by Crippen LogP contribution is 2.58. The minimum Gasteiger partial charge on any atom is -0.278 e. The monoisotopic (exact) mass is 836 g/mol. The first-order valence-corrected chi connectivity index (χ1v) is 23.8. The summed E-state index contributed by atoms with van der Waals surface area (Å²) in [6.45, 7) is 0. The summed E-state index contributed by atoms with van der Waals surface area (Å²) in [7, 11) is -2.97. The van der Waals surface area contributed by atoms with Gasteiger partial charge in [-0.05, 0) is 72.3 Å². The Hall–Kier alpha value is -7.92. The second-order valence-electron chi connectivity index (χ2n) is 16.8.